The summed E-state index contributed by atoms with van der Waals surface area (Å²) < 4.78 is 6.29. The summed E-state index contributed by atoms with van der Waals surface area (Å²) in [5, 5.41) is 9.61. The number of nitrogens with zero attached hydrogens (tertiary/aromatic N) is 2. The molecule has 1 aromatic heterocycles. The Labute approximate surface area is 211 Å². The van der Waals surface area contributed by atoms with Gasteiger partial charge in [-0.05, 0) is 68.4 Å². The fourth-order valence-corrected chi connectivity index (χ4v) is 5.13. The van der Waals surface area contributed by atoms with Gasteiger partial charge in [0.05, 0.1) is 21.2 Å². The third-order valence-corrected chi connectivity index (χ3v) is 7.04. The molecular weight excluding hydrogens is 492 g/mol. The van der Waals surface area contributed by atoms with Crippen LogP contribution in [0.3, 0.4) is 0 Å². The van der Waals surface area contributed by atoms with E-state index in [9.17, 15) is 14.7 Å². The summed E-state index contributed by atoms with van der Waals surface area (Å²) in [5.41, 5.74) is 2.36. The lowest BCUT2D eigenvalue weighted by Gasteiger charge is -2.22. The Hall–Kier alpha value is -3.07. The van der Waals surface area contributed by atoms with E-state index in [1.54, 1.807) is 18.2 Å². The summed E-state index contributed by atoms with van der Waals surface area (Å²) in [7, 11) is 0. The van der Waals surface area contributed by atoms with Crippen molar-refractivity contribution in [3.63, 3.8) is 0 Å². The molecule has 34 heavy (non-hydrogen) atoms. The van der Waals surface area contributed by atoms with Crippen LogP contribution in [0.15, 0.2) is 63.9 Å². The second-order valence-electron chi connectivity index (χ2n) is 7.41. The smallest absolute Gasteiger partial charge is 0.335 e. The first-order valence-electron chi connectivity index (χ1n) is 10.6. The number of carbonyl (C=O) groups excluding carboxylic acids is 1. The number of thiocarbonyl (C=S) groups is 1. The largest absolute Gasteiger partial charge is 0.478 e. The topological polar surface area (TPSA) is 74.0 Å². The number of hydrogen-bond acceptors (Lipinski definition) is 6. The minimum Gasteiger partial charge on any atom is -0.478 e. The maximum absolute atomic E-state index is 13.1. The van der Waals surface area contributed by atoms with E-state index >= 15 is 0 Å². The summed E-state index contributed by atoms with van der Waals surface area (Å²) in [5.74, 6) is -0.445. The molecule has 174 valence electrons. The van der Waals surface area contributed by atoms with Crippen LogP contribution in [0.25, 0.3) is 17.4 Å². The van der Waals surface area contributed by atoms with Crippen LogP contribution in [-0.4, -0.2) is 34.4 Å². The molecule has 6 nitrogen and oxygen atoms in total. The summed E-state index contributed by atoms with van der Waals surface area (Å²) in [6.45, 7) is 6.00. The van der Waals surface area contributed by atoms with Gasteiger partial charge >= 0.3 is 5.97 Å². The van der Waals surface area contributed by atoms with E-state index < -0.39 is 5.97 Å². The summed E-state index contributed by atoms with van der Waals surface area (Å²) in [6.07, 6.45) is 1.63. The van der Waals surface area contributed by atoms with E-state index in [1.165, 1.54) is 34.9 Å². The van der Waals surface area contributed by atoms with Crippen LogP contribution < -0.4 is 9.80 Å². The quantitative estimate of drug-likeness (QED) is 0.284. The predicted octanol–water partition coefficient (Wildman–Crippen LogP) is 6.55. The molecule has 2 aromatic carbocycles. The zero-order valence-electron chi connectivity index (χ0n) is 18.4. The summed E-state index contributed by atoms with van der Waals surface area (Å²) >= 11 is 12.9. The maximum atomic E-state index is 13.1. The van der Waals surface area contributed by atoms with Crippen molar-refractivity contribution in [2.45, 2.75) is 13.8 Å². The van der Waals surface area contributed by atoms with Crippen LogP contribution in [0, 0.1) is 0 Å². The second-order valence-corrected chi connectivity index (χ2v) is 9.49. The second kappa shape index (κ2) is 10.0. The number of anilines is 2. The monoisotopic (exact) mass is 512 g/mol. The molecule has 0 bridgehead atoms. The van der Waals surface area contributed by atoms with Crippen LogP contribution in [0.1, 0.15) is 30.0 Å². The molecule has 9 heteroatoms. The Kier molecular flexibility index (Phi) is 7.11. The lowest BCUT2D eigenvalue weighted by molar-refractivity contribution is -0.113. The highest BCUT2D eigenvalue weighted by atomic mass is 35.5. The van der Waals surface area contributed by atoms with Crippen LogP contribution in [0.2, 0.25) is 5.02 Å². The Balaban J connectivity index is 1.57. The van der Waals surface area contributed by atoms with Crippen molar-refractivity contribution < 1.29 is 19.1 Å². The highest BCUT2D eigenvalue weighted by Gasteiger charge is 2.33. The van der Waals surface area contributed by atoms with E-state index in [0.29, 0.717) is 37.0 Å². The van der Waals surface area contributed by atoms with Crippen molar-refractivity contribution in [1.29, 1.82) is 0 Å². The molecule has 0 radical (unpaired) electrons. The zero-order valence-corrected chi connectivity index (χ0v) is 20.8. The van der Waals surface area contributed by atoms with Gasteiger partial charge in [0, 0.05) is 30.4 Å². The lowest BCUT2D eigenvalue weighted by Crippen LogP contribution is -2.27. The molecule has 0 atom stereocenters. The van der Waals surface area contributed by atoms with Gasteiger partial charge in [-0.3, -0.25) is 9.69 Å². The van der Waals surface area contributed by atoms with Crippen LogP contribution in [0.4, 0.5) is 11.4 Å². The van der Waals surface area contributed by atoms with Crippen molar-refractivity contribution in [2.75, 3.05) is 22.9 Å². The van der Waals surface area contributed by atoms with Gasteiger partial charge in [-0.2, -0.15) is 0 Å². The molecule has 2 heterocycles. The normalized spacial score (nSPS) is 14.8. The van der Waals surface area contributed by atoms with E-state index in [1.807, 2.05) is 24.3 Å². The Morgan fingerprint density at radius 3 is 2.50 bits per heavy atom. The molecular formula is C25H21ClN2O4S2. The van der Waals surface area contributed by atoms with Gasteiger partial charge in [0.2, 0.25) is 0 Å². The van der Waals surface area contributed by atoms with Crippen LogP contribution >= 0.6 is 35.6 Å². The third kappa shape index (κ3) is 4.75. The van der Waals surface area contributed by atoms with Crippen LogP contribution in [-0.2, 0) is 4.79 Å². The molecule has 4 rings (SSSR count). The standard InChI is InChI=1S/C25H21ClN2O4S2/c1-3-27(4-2)16-6-8-17(9-7-16)28-23(29)22(34-25(28)33)14-18-10-12-21(32-18)19-13-15(24(30)31)5-11-20(19)26/h5-14H,3-4H2,1-2H3,(H,30,31). The average molecular weight is 513 g/mol. The van der Waals surface area contributed by atoms with Crippen LogP contribution in [0.5, 0.6) is 0 Å². The lowest BCUT2D eigenvalue weighted by atomic mass is 10.1. The predicted molar refractivity (Wildman–Crippen MR) is 142 cm³/mol. The van der Waals surface area contributed by atoms with Crippen molar-refractivity contribution in [3.05, 3.63) is 75.8 Å². The number of halogens is 1. The highest BCUT2D eigenvalue weighted by molar-refractivity contribution is 8.27. The number of hydrogen-bond donors (Lipinski definition) is 1. The highest BCUT2D eigenvalue weighted by Crippen LogP contribution is 2.38. The van der Waals surface area contributed by atoms with Crippen molar-refractivity contribution in [2.24, 2.45) is 0 Å². The molecule has 1 fully saturated rings. The van der Waals surface area contributed by atoms with Gasteiger partial charge < -0.3 is 14.4 Å². The molecule has 0 unspecified atom stereocenters. The number of carboxylic acid groups (broad SMARTS) is 1. The van der Waals surface area contributed by atoms with E-state index in [4.69, 9.17) is 28.2 Å². The average Bonchev–Trinajstić information content (AvgIpc) is 3.39. The van der Waals surface area contributed by atoms with E-state index in [0.717, 1.165) is 18.8 Å². The SMILES string of the molecule is CCN(CC)c1ccc(N2C(=O)C(=Cc3ccc(-c4cc(C(=O)O)ccc4Cl)o3)SC2=S)cc1. The molecule has 1 N–H and O–H groups in total. The Bertz CT molecular complexity index is 1300. The van der Waals surface area contributed by atoms with Gasteiger partial charge in [-0.15, -0.1) is 0 Å². The zero-order chi connectivity index (χ0) is 24.4. The molecule has 1 aliphatic heterocycles. The first-order chi connectivity index (χ1) is 16.3. The Morgan fingerprint density at radius 1 is 1.15 bits per heavy atom. The summed E-state index contributed by atoms with van der Waals surface area (Å²) in [4.78, 5) is 28.6. The van der Waals surface area contributed by atoms with Gasteiger partial charge in [-0.25, -0.2) is 4.79 Å². The van der Waals surface area contributed by atoms with E-state index in [-0.39, 0.29) is 11.5 Å². The first-order valence-corrected chi connectivity index (χ1v) is 12.2. The van der Waals surface area contributed by atoms with E-state index in [2.05, 4.69) is 18.7 Å². The van der Waals surface area contributed by atoms with Crippen molar-refractivity contribution in [3.8, 4) is 11.3 Å². The van der Waals surface area contributed by atoms with Crippen molar-refractivity contribution in [1.82, 2.24) is 0 Å². The fraction of sp³-hybridized carbons (Fsp3) is 0.160. The Morgan fingerprint density at radius 2 is 1.85 bits per heavy atom. The third-order valence-electron chi connectivity index (χ3n) is 5.41. The number of benzene rings is 2. The number of furan rings is 1. The maximum Gasteiger partial charge on any atom is 0.335 e. The minimum absolute atomic E-state index is 0.102. The van der Waals surface area contributed by atoms with Gasteiger partial charge in [0.15, 0.2) is 4.32 Å². The van der Waals surface area contributed by atoms with Gasteiger partial charge in [-0.1, -0.05) is 35.6 Å². The molecule has 0 saturated carbocycles. The first kappa shape index (κ1) is 24.1. The minimum atomic E-state index is -1.06. The van der Waals surface area contributed by atoms with Gasteiger partial charge in [0.1, 0.15) is 11.5 Å². The molecule has 0 aliphatic carbocycles. The fourth-order valence-electron chi connectivity index (χ4n) is 3.64. The number of rotatable bonds is 7. The number of thioether (sulfide) groups is 1. The molecule has 0 spiro atoms. The molecule has 1 saturated heterocycles. The number of aromatic carboxylic acids is 1. The number of amides is 1. The number of carboxylic acids is 1. The summed E-state index contributed by atoms with van der Waals surface area (Å²) in [6, 6.07) is 15.5. The van der Waals surface area contributed by atoms with Crippen molar-refractivity contribution >= 4 is 69.2 Å². The molecule has 1 aliphatic rings. The molecule has 1 amide bonds. The number of carbonyl (C=O) groups is 2. The van der Waals surface area contributed by atoms with Gasteiger partial charge in [0.25, 0.3) is 5.91 Å². The molecule has 3 aromatic rings.